The fourth-order valence-electron chi connectivity index (χ4n) is 3.68. The van der Waals surface area contributed by atoms with Gasteiger partial charge in [0.25, 0.3) is 5.91 Å². The molecular formula is C24H31NO2. The standard InChI is InChI=1S/C24H31NO2/c1-5-24(2,3)20-13-11-17(12-14-20)23(26)25-21-15-18-9-7-6-8-10-19(18)16-22(21)27-4/h11-16H,5-10H2,1-4H3,(H,25,26). The van der Waals surface area contributed by atoms with Gasteiger partial charge in [0.05, 0.1) is 12.8 Å². The second-order valence-electron chi connectivity index (χ2n) is 8.15. The van der Waals surface area contributed by atoms with Crippen molar-refractivity contribution >= 4 is 11.6 Å². The molecule has 0 fully saturated rings. The van der Waals surface area contributed by atoms with Gasteiger partial charge in [0, 0.05) is 5.56 Å². The van der Waals surface area contributed by atoms with Crippen LogP contribution in [0.3, 0.4) is 0 Å². The Morgan fingerprint density at radius 2 is 1.67 bits per heavy atom. The highest BCUT2D eigenvalue weighted by Gasteiger charge is 2.19. The van der Waals surface area contributed by atoms with Crippen LogP contribution < -0.4 is 10.1 Å². The van der Waals surface area contributed by atoms with Gasteiger partial charge in [0.2, 0.25) is 0 Å². The minimum absolute atomic E-state index is 0.0947. The molecule has 0 spiro atoms. The molecule has 0 heterocycles. The number of fused-ring (bicyclic) bond motifs is 1. The Balaban J connectivity index is 1.82. The number of carbonyl (C=O) groups is 1. The largest absolute Gasteiger partial charge is 0.495 e. The van der Waals surface area contributed by atoms with Crippen LogP contribution in [-0.2, 0) is 18.3 Å². The third kappa shape index (κ3) is 4.35. The SMILES string of the molecule is CCC(C)(C)c1ccc(C(=O)Nc2cc3c(cc2OC)CCCCC3)cc1. The molecule has 0 aliphatic heterocycles. The van der Waals surface area contributed by atoms with Crippen molar-refractivity contribution in [3.8, 4) is 5.75 Å². The van der Waals surface area contributed by atoms with Gasteiger partial charge in [-0.1, -0.05) is 39.3 Å². The maximum absolute atomic E-state index is 12.8. The Hall–Kier alpha value is -2.29. The molecule has 0 saturated heterocycles. The summed E-state index contributed by atoms with van der Waals surface area (Å²) >= 11 is 0. The lowest BCUT2D eigenvalue weighted by Crippen LogP contribution is -2.17. The van der Waals surface area contributed by atoms with Gasteiger partial charge in [-0.05, 0) is 78.5 Å². The molecule has 27 heavy (non-hydrogen) atoms. The second kappa shape index (κ2) is 8.16. The van der Waals surface area contributed by atoms with Gasteiger partial charge in [-0.2, -0.15) is 0 Å². The first-order chi connectivity index (χ1) is 12.9. The fourth-order valence-corrected chi connectivity index (χ4v) is 3.68. The van der Waals surface area contributed by atoms with E-state index >= 15 is 0 Å². The Morgan fingerprint density at radius 3 is 2.26 bits per heavy atom. The van der Waals surface area contributed by atoms with Gasteiger partial charge >= 0.3 is 0 Å². The lowest BCUT2D eigenvalue weighted by atomic mass is 9.82. The summed E-state index contributed by atoms with van der Waals surface area (Å²) in [6.45, 7) is 6.64. The van der Waals surface area contributed by atoms with Crippen LogP contribution in [0.5, 0.6) is 5.75 Å². The van der Waals surface area contributed by atoms with Crippen molar-refractivity contribution < 1.29 is 9.53 Å². The van der Waals surface area contributed by atoms with Gasteiger partial charge in [-0.3, -0.25) is 4.79 Å². The number of rotatable bonds is 5. The summed E-state index contributed by atoms with van der Waals surface area (Å²) < 4.78 is 5.55. The molecule has 3 heteroatoms. The summed E-state index contributed by atoms with van der Waals surface area (Å²) in [6.07, 6.45) is 6.92. The first kappa shape index (κ1) is 19.5. The third-order valence-electron chi connectivity index (χ3n) is 5.97. The molecule has 0 atom stereocenters. The zero-order valence-electron chi connectivity index (χ0n) is 17.0. The monoisotopic (exact) mass is 365 g/mol. The van der Waals surface area contributed by atoms with Crippen LogP contribution in [-0.4, -0.2) is 13.0 Å². The number of hydrogen-bond acceptors (Lipinski definition) is 2. The summed E-state index contributed by atoms with van der Waals surface area (Å²) in [5, 5.41) is 3.06. The molecule has 1 N–H and O–H groups in total. The number of amides is 1. The molecule has 3 nitrogen and oxygen atoms in total. The van der Waals surface area contributed by atoms with Crippen LogP contribution in [0.1, 0.15) is 73.5 Å². The Bertz CT molecular complexity index is 806. The van der Waals surface area contributed by atoms with E-state index in [2.05, 4.69) is 50.4 Å². The lowest BCUT2D eigenvalue weighted by Gasteiger charge is -2.23. The first-order valence-electron chi connectivity index (χ1n) is 10.1. The maximum Gasteiger partial charge on any atom is 0.255 e. The van der Waals surface area contributed by atoms with E-state index in [1.54, 1.807) is 7.11 Å². The Kier molecular flexibility index (Phi) is 5.88. The number of methoxy groups -OCH3 is 1. The van der Waals surface area contributed by atoms with Crippen molar-refractivity contribution in [2.45, 2.75) is 64.7 Å². The molecule has 1 aliphatic carbocycles. The van der Waals surface area contributed by atoms with Crippen molar-refractivity contribution in [2.24, 2.45) is 0 Å². The topological polar surface area (TPSA) is 38.3 Å². The summed E-state index contributed by atoms with van der Waals surface area (Å²) in [5.74, 6) is 0.649. The normalized spacial score (nSPS) is 14.2. The predicted octanol–water partition coefficient (Wildman–Crippen LogP) is 5.90. The van der Waals surface area contributed by atoms with Crippen LogP contribution in [0.2, 0.25) is 0 Å². The van der Waals surface area contributed by atoms with Gasteiger partial charge in [0.1, 0.15) is 5.75 Å². The number of anilines is 1. The zero-order chi connectivity index (χ0) is 19.4. The van der Waals surface area contributed by atoms with Gasteiger partial charge in [-0.15, -0.1) is 0 Å². The van der Waals surface area contributed by atoms with Crippen molar-refractivity contribution in [2.75, 3.05) is 12.4 Å². The minimum Gasteiger partial charge on any atom is -0.495 e. The van der Waals surface area contributed by atoms with Crippen molar-refractivity contribution in [3.05, 3.63) is 58.7 Å². The molecule has 0 bridgehead atoms. The highest BCUT2D eigenvalue weighted by atomic mass is 16.5. The summed E-state index contributed by atoms with van der Waals surface area (Å²) in [6, 6.07) is 12.2. The summed E-state index contributed by atoms with van der Waals surface area (Å²) in [4.78, 5) is 12.8. The Labute approximate surface area is 163 Å². The third-order valence-corrected chi connectivity index (χ3v) is 5.97. The van der Waals surface area contributed by atoms with E-state index in [1.807, 2.05) is 12.1 Å². The predicted molar refractivity (Wildman–Crippen MR) is 112 cm³/mol. The van der Waals surface area contributed by atoms with Crippen molar-refractivity contribution in [1.82, 2.24) is 0 Å². The molecular weight excluding hydrogens is 334 g/mol. The van der Waals surface area contributed by atoms with E-state index in [0.29, 0.717) is 5.56 Å². The van der Waals surface area contributed by atoms with Gasteiger partial charge in [0.15, 0.2) is 0 Å². The minimum atomic E-state index is -0.0947. The van der Waals surface area contributed by atoms with Crippen LogP contribution in [0.25, 0.3) is 0 Å². The highest BCUT2D eigenvalue weighted by Crippen LogP contribution is 2.33. The number of hydrogen-bond donors (Lipinski definition) is 1. The van der Waals surface area contributed by atoms with Crippen LogP contribution in [0.4, 0.5) is 5.69 Å². The smallest absolute Gasteiger partial charge is 0.255 e. The van der Waals surface area contributed by atoms with E-state index in [4.69, 9.17) is 4.74 Å². The molecule has 2 aromatic rings. The van der Waals surface area contributed by atoms with E-state index in [9.17, 15) is 4.79 Å². The summed E-state index contributed by atoms with van der Waals surface area (Å²) in [7, 11) is 1.66. The molecule has 0 aromatic heterocycles. The molecule has 3 rings (SSSR count). The van der Waals surface area contributed by atoms with Gasteiger partial charge in [-0.25, -0.2) is 0 Å². The number of aryl methyl sites for hydroxylation is 2. The average Bonchev–Trinajstić information content (AvgIpc) is 2.92. The summed E-state index contributed by atoms with van der Waals surface area (Å²) in [5.41, 5.74) is 5.50. The second-order valence-corrected chi connectivity index (χ2v) is 8.15. The molecule has 1 aliphatic rings. The Morgan fingerprint density at radius 1 is 1.04 bits per heavy atom. The molecule has 144 valence electrons. The first-order valence-corrected chi connectivity index (χ1v) is 10.1. The van der Waals surface area contributed by atoms with E-state index < -0.39 is 0 Å². The van der Waals surface area contributed by atoms with Crippen molar-refractivity contribution in [3.63, 3.8) is 0 Å². The van der Waals surface area contributed by atoms with E-state index in [0.717, 1.165) is 30.7 Å². The zero-order valence-corrected chi connectivity index (χ0v) is 17.0. The van der Waals surface area contributed by atoms with E-state index in [1.165, 1.54) is 36.0 Å². The number of ether oxygens (including phenoxy) is 1. The number of benzene rings is 2. The molecule has 1 amide bonds. The average molecular weight is 366 g/mol. The molecule has 0 saturated carbocycles. The van der Waals surface area contributed by atoms with Crippen LogP contribution >= 0.6 is 0 Å². The number of carbonyl (C=O) groups excluding carboxylic acids is 1. The molecule has 2 aromatic carbocycles. The molecule has 0 radical (unpaired) electrons. The van der Waals surface area contributed by atoms with Gasteiger partial charge < -0.3 is 10.1 Å². The maximum atomic E-state index is 12.8. The quantitative estimate of drug-likeness (QED) is 0.670. The van der Waals surface area contributed by atoms with E-state index in [-0.39, 0.29) is 11.3 Å². The van der Waals surface area contributed by atoms with Crippen LogP contribution in [0.15, 0.2) is 36.4 Å². The fraction of sp³-hybridized carbons (Fsp3) is 0.458. The lowest BCUT2D eigenvalue weighted by molar-refractivity contribution is 0.102. The van der Waals surface area contributed by atoms with Crippen molar-refractivity contribution in [1.29, 1.82) is 0 Å². The van der Waals surface area contributed by atoms with Crippen LogP contribution in [0, 0.1) is 0 Å². The molecule has 0 unspecified atom stereocenters. The number of nitrogens with one attached hydrogen (secondary N) is 1. The highest BCUT2D eigenvalue weighted by molar-refractivity contribution is 6.05.